The van der Waals surface area contributed by atoms with E-state index in [4.69, 9.17) is 0 Å². The highest BCUT2D eigenvalue weighted by Crippen LogP contribution is 2.20. The Labute approximate surface area is 124 Å². The van der Waals surface area contributed by atoms with Crippen LogP contribution in [-0.4, -0.2) is 8.42 Å². The van der Waals surface area contributed by atoms with Gasteiger partial charge in [-0.15, -0.1) is 0 Å². The Hall–Kier alpha value is -1.93. The van der Waals surface area contributed by atoms with Crippen LogP contribution in [0.25, 0.3) is 0 Å². The van der Waals surface area contributed by atoms with Crippen molar-refractivity contribution in [2.45, 2.75) is 18.4 Å². The van der Waals surface area contributed by atoms with E-state index >= 15 is 0 Å². The van der Waals surface area contributed by atoms with Crippen LogP contribution in [0.3, 0.4) is 0 Å². The Morgan fingerprint density at radius 1 is 0.955 bits per heavy atom. The van der Waals surface area contributed by atoms with Crippen molar-refractivity contribution in [3.63, 3.8) is 0 Å². The average molecular weight is 333 g/mol. The minimum absolute atomic E-state index is 0.301. The predicted octanol–water partition coefficient (Wildman–Crippen LogP) is 3.03. The first kappa shape index (κ1) is 16.4. The van der Waals surface area contributed by atoms with Gasteiger partial charge in [-0.3, -0.25) is 0 Å². The summed E-state index contributed by atoms with van der Waals surface area (Å²) in [5.41, 5.74) is 0.688. The van der Waals surface area contributed by atoms with E-state index in [0.29, 0.717) is 23.3 Å². The number of hydrogen-bond acceptors (Lipinski definition) is 2. The molecule has 0 atom stereocenters. The zero-order chi connectivity index (χ0) is 16.5. The van der Waals surface area contributed by atoms with Crippen molar-refractivity contribution in [2.24, 2.45) is 0 Å². The first-order valence-corrected chi connectivity index (χ1v) is 7.59. The van der Waals surface area contributed by atoms with Crippen LogP contribution in [0.1, 0.15) is 11.1 Å². The van der Waals surface area contributed by atoms with Crippen LogP contribution >= 0.6 is 0 Å². The van der Waals surface area contributed by atoms with Crippen molar-refractivity contribution in [3.8, 4) is 0 Å². The maximum atomic E-state index is 13.5. The fourth-order valence-electron chi connectivity index (χ4n) is 1.72. The molecule has 0 saturated heterocycles. The molecule has 1 N–H and O–H groups in total. The second-order valence-corrected chi connectivity index (χ2v) is 6.32. The molecular weight excluding hydrogens is 322 g/mol. The molecule has 2 rings (SSSR count). The molecule has 3 nitrogen and oxygen atoms in total. The summed E-state index contributed by atoms with van der Waals surface area (Å²) >= 11 is 0. The molecule has 118 valence electrons. The number of hydrogen-bond donors (Lipinski definition) is 1. The van der Waals surface area contributed by atoms with Gasteiger partial charge in [-0.05, 0) is 36.2 Å². The molecule has 0 spiro atoms. The van der Waals surface area contributed by atoms with Crippen LogP contribution in [0.15, 0.2) is 35.2 Å². The van der Waals surface area contributed by atoms with Gasteiger partial charge in [-0.2, -0.15) is 0 Å². The van der Waals surface area contributed by atoms with Crippen LogP contribution < -0.4 is 4.72 Å². The predicted molar refractivity (Wildman–Crippen MR) is 71.5 cm³/mol. The highest BCUT2D eigenvalue weighted by Gasteiger charge is 2.23. The molecule has 0 aliphatic carbocycles. The summed E-state index contributed by atoms with van der Waals surface area (Å²) in [4.78, 5) is -1.01. The Kier molecular flexibility index (Phi) is 4.52. The van der Waals surface area contributed by atoms with E-state index < -0.39 is 38.2 Å². The quantitative estimate of drug-likeness (QED) is 0.690. The molecule has 0 aliphatic rings. The lowest BCUT2D eigenvalue weighted by Crippen LogP contribution is -2.24. The van der Waals surface area contributed by atoms with Crippen LogP contribution in [0, 0.1) is 30.2 Å². The maximum Gasteiger partial charge on any atom is 0.243 e. The third-order valence-electron chi connectivity index (χ3n) is 2.99. The highest BCUT2D eigenvalue weighted by atomic mass is 32.2. The fourth-order valence-corrected chi connectivity index (χ4v) is 2.80. The van der Waals surface area contributed by atoms with Gasteiger partial charge in [0, 0.05) is 6.54 Å². The van der Waals surface area contributed by atoms with Crippen LogP contribution in [0.2, 0.25) is 0 Å². The third kappa shape index (κ3) is 3.28. The number of nitrogens with one attached hydrogen (secondary N) is 1. The van der Waals surface area contributed by atoms with Gasteiger partial charge in [-0.1, -0.05) is 12.1 Å². The molecule has 22 heavy (non-hydrogen) atoms. The summed E-state index contributed by atoms with van der Waals surface area (Å²) in [6.45, 7) is 1.22. The Bertz CT molecular complexity index is 822. The molecule has 0 fully saturated rings. The number of benzene rings is 2. The molecular formula is C14H11F4NO2S. The number of aryl methyl sites for hydroxylation is 1. The third-order valence-corrected chi connectivity index (χ3v) is 4.41. The molecule has 0 unspecified atom stereocenters. The van der Waals surface area contributed by atoms with Crippen molar-refractivity contribution in [2.75, 3.05) is 0 Å². The number of rotatable bonds is 4. The lowest BCUT2D eigenvalue weighted by atomic mass is 10.1. The smallest absolute Gasteiger partial charge is 0.207 e. The molecule has 0 bridgehead atoms. The van der Waals surface area contributed by atoms with Gasteiger partial charge in [-0.25, -0.2) is 30.7 Å². The van der Waals surface area contributed by atoms with Crippen LogP contribution in [0.4, 0.5) is 17.6 Å². The average Bonchev–Trinajstić information content (AvgIpc) is 2.46. The van der Waals surface area contributed by atoms with E-state index in [1.165, 1.54) is 12.1 Å². The normalized spacial score (nSPS) is 11.7. The summed E-state index contributed by atoms with van der Waals surface area (Å²) in [6, 6.07) is 5.20. The second kappa shape index (κ2) is 6.05. The zero-order valence-electron chi connectivity index (χ0n) is 11.3. The molecule has 0 heterocycles. The summed E-state index contributed by atoms with van der Waals surface area (Å²) < 4.78 is 78.6. The summed E-state index contributed by atoms with van der Waals surface area (Å²) in [6.07, 6.45) is 0. The van der Waals surface area contributed by atoms with Crippen LogP contribution in [0.5, 0.6) is 0 Å². The molecule has 2 aromatic carbocycles. The Balaban J connectivity index is 2.25. The molecule has 0 aliphatic heterocycles. The van der Waals surface area contributed by atoms with Gasteiger partial charge >= 0.3 is 0 Å². The maximum absolute atomic E-state index is 13.5. The van der Waals surface area contributed by atoms with Gasteiger partial charge in [0.05, 0.1) is 0 Å². The minimum Gasteiger partial charge on any atom is -0.207 e. The largest absolute Gasteiger partial charge is 0.243 e. The molecule has 0 amide bonds. The topological polar surface area (TPSA) is 46.2 Å². The van der Waals surface area contributed by atoms with Gasteiger partial charge in [0.2, 0.25) is 10.0 Å². The number of halogens is 4. The van der Waals surface area contributed by atoms with E-state index in [2.05, 4.69) is 0 Å². The second-order valence-electron chi connectivity index (χ2n) is 4.58. The molecule has 0 radical (unpaired) electrons. The van der Waals surface area contributed by atoms with Gasteiger partial charge in [0.25, 0.3) is 0 Å². The standard InChI is InChI=1S/C14H11F4NO2S/c1-8-2-3-9(6-11(8)16)7-19-22(20,21)12-5-4-10(15)13(17)14(12)18/h2-6,19H,7H2,1H3. The lowest BCUT2D eigenvalue weighted by molar-refractivity contribution is 0.431. The van der Waals surface area contributed by atoms with Crippen molar-refractivity contribution >= 4 is 10.0 Å². The van der Waals surface area contributed by atoms with Crippen molar-refractivity contribution in [1.82, 2.24) is 4.72 Å². The number of sulfonamides is 1. The van der Waals surface area contributed by atoms with E-state index in [-0.39, 0.29) is 6.54 Å². The fraction of sp³-hybridized carbons (Fsp3) is 0.143. The molecule has 0 aromatic heterocycles. The Morgan fingerprint density at radius 3 is 2.27 bits per heavy atom. The minimum atomic E-state index is -4.41. The summed E-state index contributed by atoms with van der Waals surface area (Å²) in [5, 5.41) is 0. The van der Waals surface area contributed by atoms with Gasteiger partial charge in [0.1, 0.15) is 10.7 Å². The first-order valence-electron chi connectivity index (χ1n) is 6.10. The van der Waals surface area contributed by atoms with Crippen molar-refractivity contribution < 1.29 is 26.0 Å². The van der Waals surface area contributed by atoms with Gasteiger partial charge in [0.15, 0.2) is 17.5 Å². The van der Waals surface area contributed by atoms with E-state index in [1.54, 1.807) is 6.92 Å². The molecule has 8 heteroatoms. The summed E-state index contributed by atoms with van der Waals surface area (Å²) in [5.74, 6) is -5.68. The van der Waals surface area contributed by atoms with E-state index in [0.717, 1.165) is 6.07 Å². The first-order chi connectivity index (χ1) is 10.2. The SMILES string of the molecule is Cc1ccc(CNS(=O)(=O)c2ccc(F)c(F)c2F)cc1F. The van der Waals surface area contributed by atoms with E-state index in [9.17, 15) is 26.0 Å². The van der Waals surface area contributed by atoms with Crippen molar-refractivity contribution in [3.05, 3.63) is 64.7 Å². The highest BCUT2D eigenvalue weighted by molar-refractivity contribution is 7.89. The monoisotopic (exact) mass is 333 g/mol. The summed E-state index contributed by atoms with van der Waals surface area (Å²) in [7, 11) is -4.41. The lowest BCUT2D eigenvalue weighted by Gasteiger charge is -2.09. The van der Waals surface area contributed by atoms with Gasteiger partial charge < -0.3 is 0 Å². The van der Waals surface area contributed by atoms with Crippen molar-refractivity contribution in [1.29, 1.82) is 0 Å². The molecule has 2 aromatic rings. The van der Waals surface area contributed by atoms with Crippen LogP contribution in [-0.2, 0) is 16.6 Å². The van der Waals surface area contributed by atoms with E-state index in [1.807, 2.05) is 4.72 Å². The molecule has 0 saturated carbocycles. The Morgan fingerprint density at radius 2 is 1.64 bits per heavy atom. The zero-order valence-corrected chi connectivity index (χ0v) is 12.1.